The Kier molecular flexibility index (Phi) is 6.72. The fourth-order valence-electron chi connectivity index (χ4n) is 0.985. The highest BCUT2D eigenvalue weighted by Crippen LogP contribution is 2.05. The number of nitrogens with one attached hydrogen (secondary N) is 1. The molecule has 0 aromatic rings. The van der Waals surface area contributed by atoms with Gasteiger partial charge >= 0.3 is 0 Å². The number of carbonyl (C=O) groups is 2. The highest BCUT2D eigenvalue weighted by Gasteiger charge is 2.12. The van der Waals surface area contributed by atoms with Gasteiger partial charge in [-0.15, -0.1) is 0 Å². The van der Waals surface area contributed by atoms with Crippen molar-refractivity contribution in [1.82, 2.24) is 5.32 Å². The number of carbonyl (C=O) groups excluding carboxylic acids is 2. The van der Waals surface area contributed by atoms with Crippen molar-refractivity contribution < 1.29 is 14.3 Å². The van der Waals surface area contributed by atoms with Gasteiger partial charge in [0.15, 0.2) is 0 Å². The molecule has 0 atom stereocenters. The number of nitrogens with two attached hydrogens (primary N) is 1. The number of ether oxygens (including phenoxy) is 1. The monoisotopic (exact) mass is 230 g/mol. The molecule has 0 unspecified atom stereocenters. The van der Waals surface area contributed by atoms with Gasteiger partial charge in [-0.1, -0.05) is 0 Å². The van der Waals surface area contributed by atoms with E-state index in [1.165, 1.54) is 0 Å². The summed E-state index contributed by atoms with van der Waals surface area (Å²) in [6.07, 6.45) is 1.83. The zero-order valence-corrected chi connectivity index (χ0v) is 10.3. The van der Waals surface area contributed by atoms with E-state index in [0.717, 1.165) is 6.42 Å². The number of primary amides is 1. The molecule has 0 spiro atoms. The molecule has 5 nitrogen and oxygen atoms in total. The van der Waals surface area contributed by atoms with Gasteiger partial charge in [-0.2, -0.15) is 0 Å². The summed E-state index contributed by atoms with van der Waals surface area (Å²) < 4.78 is 5.30. The van der Waals surface area contributed by atoms with Gasteiger partial charge in [0.25, 0.3) is 0 Å². The minimum atomic E-state index is -0.303. The number of amides is 2. The Hall–Kier alpha value is -1.10. The van der Waals surface area contributed by atoms with Crippen LogP contribution in [0.25, 0.3) is 0 Å². The first-order chi connectivity index (χ1) is 7.31. The second-order valence-corrected chi connectivity index (χ2v) is 4.67. The van der Waals surface area contributed by atoms with Crippen LogP contribution in [-0.2, 0) is 14.3 Å². The van der Waals surface area contributed by atoms with Gasteiger partial charge in [-0.05, 0) is 33.6 Å². The van der Waals surface area contributed by atoms with E-state index in [1.54, 1.807) is 0 Å². The molecular weight excluding hydrogens is 208 g/mol. The van der Waals surface area contributed by atoms with Gasteiger partial charge in [0.2, 0.25) is 11.8 Å². The molecule has 94 valence electrons. The molecule has 0 aromatic carbocycles. The molecular formula is C11H22N2O3. The Morgan fingerprint density at radius 2 is 1.88 bits per heavy atom. The average Bonchev–Trinajstić information content (AvgIpc) is 2.12. The molecule has 5 heteroatoms. The highest BCUT2D eigenvalue weighted by molar-refractivity contribution is 5.77. The molecule has 16 heavy (non-hydrogen) atoms. The van der Waals surface area contributed by atoms with Crippen LogP contribution in [-0.4, -0.2) is 30.6 Å². The third-order valence-electron chi connectivity index (χ3n) is 1.81. The molecule has 0 aliphatic carbocycles. The lowest BCUT2D eigenvalue weighted by Crippen LogP contribution is -2.32. The van der Waals surface area contributed by atoms with E-state index in [1.807, 2.05) is 20.8 Å². The van der Waals surface area contributed by atoms with E-state index in [0.29, 0.717) is 19.4 Å². The molecule has 0 saturated carbocycles. The van der Waals surface area contributed by atoms with Crippen molar-refractivity contribution in [2.45, 2.75) is 45.6 Å². The lowest BCUT2D eigenvalue weighted by atomic mass is 10.2. The Bertz CT molecular complexity index is 234. The topological polar surface area (TPSA) is 81.4 Å². The van der Waals surface area contributed by atoms with Crippen LogP contribution in [0.3, 0.4) is 0 Å². The number of rotatable bonds is 7. The normalized spacial score (nSPS) is 11.2. The van der Waals surface area contributed by atoms with Gasteiger partial charge in [0, 0.05) is 13.0 Å². The van der Waals surface area contributed by atoms with E-state index in [-0.39, 0.29) is 24.0 Å². The first-order valence-corrected chi connectivity index (χ1v) is 5.50. The largest absolute Gasteiger partial charge is 0.370 e. The first kappa shape index (κ1) is 14.9. The van der Waals surface area contributed by atoms with Crippen LogP contribution in [0.5, 0.6) is 0 Å². The van der Waals surface area contributed by atoms with Gasteiger partial charge in [0.05, 0.1) is 5.60 Å². The van der Waals surface area contributed by atoms with Crippen LogP contribution in [0.1, 0.15) is 40.0 Å². The Labute approximate surface area is 96.7 Å². The maximum absolute atomic E-state index is 11.3. The van der Waals surface area contributed by atoms with Crippen molar-refractivity contribution in [3.63, 3.8) is 0 Å². The maximum Gasteiger partial charge on any atom is 0.246 e. The van der Waals surface area contributed by atoms with Crippen LogP contribution in [0.15, 0.2) is 0 Å². The predicted octanol–water partition coefficient (Wildman–Crippen LogP) is 0.573. The Morgan fingerprint density at radius 1 is 1.25 bits per heavy atom. The summed E-state index contributed by atoms with van der Waals surface area (Å²) >= 11 is 0. The van der Waals surface area contributed by atoms with Crippen molar-refractivity contribution in [3.8, 4) is 0 Å². The Morgan fingerprint density at radius 3 is 2.38 bits per heavy atom. The third-order valence-corrected chi connectivity index (χ3v) is 1.81. The van der Waals surface area contributed by atoms with Crippen LogP contribution in [0.2, 0.25) is 0 Å². The molecule has 0 fully saturated rings. The maximum atomic E-state index is 11.3. The molecule has 0 rings (SSSR count). The standard InChI is InChI=1S/C11H22N2O3/c1-11(2,3)16-8-10(15)13-7-5-4-6-9(12)14/h4-8H2,1-3H3,(H2,12,14)(H,13,15). The smallest absolute Gasteiger partial charge is 0.246 e. The summed E-state index contributed by atoms with van der Waals surface area (Å²) in [5.41, 5.74) is 4.68. The zero-order valence-electron chi connectivity index (χ0n) is 10.3. The van der Waals surface area contributed by atoms with Crippen LogP contribution in [0, 0.1) is 0 Å². The third kappa shape index (κ3) is 11.0. The van der Waals surface area contributed by atoms with Crippen molar-refractivity contribution >= 4 is 11.8 Å². The molecule has 0 saturated heterocycles. The summed E-state index contributed by atoms with van der Waals surface area (Å²) in [7, 11) is 0. The van der Waals surface area contributed by atoms with Gasteiger partial charge in [0.1, 0.15) is 6.61 Å². The van der Waals surface area contributed by atoms with Gasteiger partial charge < -0.3 is 15.8 Å². The second-order valence-electron chi connectivity index (χ2n) is 4.67. The highest BCUT2D eigenvalue weighted by atomic mass is 16.5. The fourth-order valence-corrected chi connectivity index (χ4v) is 0.985. The fraction of sp³-hybridized carbons (Fsp3) is 0.818. The van der Waals surface area contributed by atoms with Crippen molar-refractivity contribution in [2.75, 3.05) is 13.2 Å². The molecule has 0 aliphatic heterocycles. The van der Waals surface area contributed by atoms with E-state index in [9.17, 15) is 9.59 Å². The van der Waals surface area contributed by atoms with Crippen LogP contribution < -0.4 is 11.1 Å². The molecule has 3 N–H and O–H groups in total. The molecule has 0 heterocycles. The SMILES string of the molecule is CC(C)(C)OCC(=O)NCCCCC(N)=O. The van der Waals surface area contributed by atoms with Crippen molar-refractivity contribution in [2.24, 2.45) is 5.73 Å². The van der Waals surface area contributed by atoms with Gasteiger partial charge in [-0.3, -0.25) is 9.59 Å². The summed E-state index contributed by atoms with van der Waals surface area (Å²) in [5.74, 6) is -0.434. The van der Waals surface area contributed by atoms with Crippen molar-refractivity contribution in [1.29, 1.82) is 0 Å². The quantitative estimate of drug-likeness (QED) is 0.627. The number of hydrogen-bond donors (Lipinski definition) is 2. The average molecular weight is 230 g/mol. The lowest BCUT2D eigenvalue weighted by Gasteiger charge is -2.18. The summed E-state index contributed by atoms with van der Waals surface area (Å²) in [4.78, 5) is 21.7. The summed E-state index contributed by atoms with van der Waals surface area (Å²) in [6, 6.07) is 0. The van der Waals surface area contributed by atoms with Crippen molar-refractivity contribution in [3.05, 3.63) is 0 Å². The minimum Gasteiger partial charge on any atom is -0.370 e. The lowest BCUT2D eigenvalue weighted by molar-refractivity contribution is -0.130. The number of hydrogen-bond acceptors (Lipinski definition) is 3. The zero-order chi connectivity index (χ0) is 12.6. The second kappa shape index (κ2) is 7.22. The molecule has 2 amide bonds. The van der Waals surface area contributed by atoms with Crippen LogP contribution >= 0.6 is 0 Å². The van der Waals surface area contributed by atoms with E-state index in [4.69, 9.17) is 10.5 Å². The summed E-state index contributed by atoms with van der Waals surface area (Å²) in [6.45, 7) is 6.31. The molecule has 0 aromatic heterocycles. The molecule has 0 bridgehead atoms. The van der Waals surface area contributed by atoms with Gasteiger partial charge in [-0.25, -0.2) is 0 Å². The summed E-state index contributed by atoms with van der Waals surface area (Å²) in [5, 5.41) is 2.71. The molecule has 0 aliphatic rings. The predicted molar refractivity (Wildman–Crippen MR) is 61.8 cm³/mol. The Balaban J connectivity index is 3.41. The van der Waals surface area contributed by atoms with Crippen LogP contribution in [0.4, 0.5) is 0 Å². The minimum absolute atomic E-state index is 0.0688. The van der Waals surface area contributed by atoms with E-state index in [2.05, 4.69) is 5.32 Å². The van der Waals surface area contributed by atoms with E-state index < -0.39 is 0 Å². The number of unbranched alkanes of at least 4 members (excludes halogenated alkanes) is 1. The molecule has 0 radical (unpaired) electrons. The first-order valence-electron chi connectivity index (χ1n) is 5.50. The van der Waals surface area contributed by atoms with E-state index >= 15 is 0 Å².